The summed E-state index contributed by atoms with van der Waals surface area (Å²) in [4.78, 5) is 19.6. The van der Waals surface area contributed by atoms with Crippen molar-refractivity contribution in [1.29, 1.82) is 0 Å². The summed E-state index contributed by atoms with van der Waals surface area (Å²) in [5.41, 5.74) is -1.27. The van der Waals surface area contributed by atoms with E-state index in [0.717, 1.165) is 48.5 Å². The van der Waals surface area contributed by atoms with Gasteiger partial charge in [-0.05, 0) is 65.8 Å². The fourth-order valence-electron chi connectivity index (χ4n) is 3.43. The molecule has 16 nitrogen and oxygen atoms in total. The summed E-state index contributed by atoms with van der Waals surface area (Å²) >= 11 is 0. The summed E-state index contributed by atoms with van der Waals surface area (Å²) in [6.45, 7) is 8.98. The highest BCUT2D eigenvalue weighted by Gasteiger charge is 2.54. The standard InChI is InChI=1S/C13H20NO7PS.C11H16NO7PS/c1-5-20-22(17,21-6-2)13(3,4)23(18,19)12-9-7-11(8-10-12)14(15)16;1-3-18-20(15,19-4-2)9-21(16,17)11-7-5-10(6-8-11)12(13)14/h7-10H,5-6H2,1-4H3;5-8H,3-4,9H2,1-2H3. The zero-order chi connectivity index (χ0) is 34.0. The van der Waals surface area contributed by atoms with Crippen LogP contribution in [0, 0.1) is 20.2 Å². The molecule has 0 radical (unpaired) electrons. The van der Waals surface area contributed by atoms with Gasteiger partial charge in [-0.15, -0.1) is 0 Å². The molecule has 0 fully saturated rings. The highest BCUT2D eigenvalue weighted by Crippen LogP contribution is 2.63. The number of rotatable bonds is 16. The number of non-ortho nitro benzene ring substituents is 2. The fraction of sp³-hybridized carbons (Fsp3) is 0.500. The lowest BCUT2D eigenvalue weighted by molar-refractivity contribution is -0.385. The van der Waals surface area contributed by atoms with E-state index in [4.69, 9.17) is 18.1 Å². The van der Waals surface area contributed by atoms with Gasteiger partial charge in [0.25, 0.3) is 11.4 Å². The highest BCUT2D eigenvalue weighted by molar-refractivity contribution is 7.99. The molecule has 0 atom stereocenters. The quantitative estimate of drug-likeness (QED) is 0.112. The van der Waals surface area contributed by atoms with Gasteiger partial charge < -0.3 is 18.1 Å². The second-order valence-electron chi connectivity index (χ2n) is 8.98. The van der Waals surface area contributed by atoms with Crippen molar-refractivity contribution in [3.63, 3.8) is 0 Å². The van der Waals surface area contributed by atoms with Crippen molar-refractivity contribution in [1.82, 2.24) is 0 Å². The van der Waals surface area contributed by atoms with E-state index in [-0.39, 0.29) is 47.6 Å². The van der Waals surface area contributed by atoms with Crippen molar-refractivity contribution in [2.45, 2.75) is 55.8 Å². The van der Waals surface area contributed by atoms with Gasteiger partial charge in [0.2, 0.25) is 0 Å². The summed E-state index contributed by atoms with van der Waals surface area (Å²) < 4.78 is 93.5. The minimum atomic E-state index is -4.12. The Balaban J connectivity index is 0.000000442. The van der Waals surface area contributed by atoms with Crippen molar-refractivity contribution < 1.29 is 53.9 Å². The van der Waals surface area contributed by atoms with Crippen LogP contribution in [-0.2, 0) is 46.9 Å². The van der Waals surface area contributed by atoms with Crippen molar-refractivity contribution in [2.24, 2.45) is 0 Å². The Labute approximate surface area is 256 Å². The molecule has 0 N–H and O–H groups in total. The van der Waals surface area contributed by atoms with Gasteiger partial charge in [-0.25, -0.2) is 16.8 Å². The van der Waals surface area contributed by atoms with E-state index in [0.29, 0.717) is 0 Å². The van der Waals surface area contributed by atoms with Crippen molar-refractivity contribution in [2.75, 3.05) is 31.9 Å². The maximum Gasteiger partial charge on any atom is 0.351 e. The lowest BCUT2D eigenvalue weighted by atomic mass is 10.3. The van der Waals surface area contributed by atoms with Gasteiger partial charge in [0.15, 0.2) is 29.7 Å². The summed E-state index contributed by atoms with van der Waals surface area (Å²) in [6, 6.07) is 8.70. The van der Waals surface area contributed by atoms with Gasteiger partial charge in [-0.2, -0.15) is 0 Å². The van der Waals surface area contributed by atoms with Gasteiger partial charge in [0.05, 0.1) is 46.1 Å². The van der Waals surface area contributed by atoms with E-state index in [1.165, 1.54) is 13.8 Å². The van der Waals surface area contributed by atoms with Gasteiger partial charge in [0, 0.05) is 24.3 Å². The molecule has 0 aliphatic carbocycles. The molecule has 248 valence electrons. The number of hydrogen-bond acceptors (Lipinski definition) is 14. The van der Waals surface area contributed by atoms with Crippen molar-refractivity contribution >= 4 is 46.2 Å². The van der Waals surface area contributed by atoms with Crippen molar-refractivity contribution in [3.05, 3.63) is 68.8 Å². The zero-order valence-corrected chi connectivity index (χ0v) is 28.4. The Kier molecular flexibility index (Phi) is 14.5. The Hall–Kier alpha value is -2.56. The normalized spacial score (nSPS) is 12.7. The zero-order valence-electron chi connectivity index (χ0n) is 25.0. The third-order valence-electron chi connectivity index (χ3n) is 5.66. The van der Waals surface area contributed by atoms with Crippen LogP contribution in [0.3, 0.4) is 0 Å². The van der Waals surface area contributed by atoms with Gasteiger partial charge in [-0.1, -0.05) is 0 Å². The number of nitro groups is 2. The molecule has 0 saturated carbocycles. The number of nitro benzene ring substituents is 2. The SMILES string of the molecule is CCOP(=O)(CS(=O)(=O)c1ccc([N+](=O)[O-])cc1)OCC.CCOP(=O)(OCC)C(C)(C)S(=O)(=O)c1ccc([N+](=O)[O-])cc1. The molecule has 0 unspecified atom stereocenters. The molecule has 0 amide bonds. The van der Waals surface area contributed by atoms with Gasteiger partial charge >= 0.3 is 15.2 Å². The number of benzene rings is 2. The molecule has 2 aromatic carbocycles. The fourth-order valence-corrected chi connectivity index (χ4v) is 12.0. The average molecular weight is 703 g/mol. The average Bonchev–Trinajstić information content (AvgIpc) is 2.93. The second kappa shape index (κ2) is 16.1. The molecule has 0 saturated heterocycles. The van der Waals surface area contributed by atoms with Crippen LogP contribution in [0.2, 0.25) is 0 Å². The highest BCUT2D eigenvalue weighted by atomic mass is 32.2. The van der Waals surface area contributed by atoms with Crippen LogP contribution in [0.4, 0.5) is 11.4 Å². The number of sulfone groups is 2. The molecule has 0 heterocycles. The van der Waals surface area contributed by atoms with E-state index in [9.17, 15) is 46.2 Å². The molecule has 2 rings (SSSR count). The molecule has 0 aromatic heterocycles. The Morgan fingerprint density at radius 2 is 1.00 bits per heavy atom. The van der Waals surface area contributed by atoms with Gasteiger partial charge in [0.1, 0.15) is 0 Å². The van der Waals surface area contributed by atoms with E-state index in [1.807, 2.05) is 0 Å². The lowest BCUT2D eigenvalue weighted by Gasteiger charge is -2.32. The molecule has 0 aliphatic rings. The second-order valence-corrected chi connectivity index (χ2v) is 18.9. The van der Waals surface area contributed by atoms with E-state index < -0.39 is 54.7 Å². The first-order valence-electron chi connectivity index (χ1n) is 13.0. The van der Waals surface area contributed by atoms with E-state index in [1.54, 1.807) is 27.7 Å². The van der Waals surface area contributed by atoms with E-state index in [2.05, 4.69) is 0 Å². The third-order valence-corrected chi connectivity index (χ3v) is 16.7. The van der Waals surface area contributed by atoms with Gasteiger partial charge in [-0.3, -0.25) is 29.4 Å². The minimum absolute atomic E-state index is 0.0243. The summed E-state index contributed by atoms with van der Waals surface area (Å²) in [7, 11) is -15.8. The summed E-state index contributed by atoms with van der Waals surface area (Å²) in [6.07, 6.45) is 0. The number of nitrogens with zero attached hydrogens (tertiary/aromatic N) is 2. The summed E-state index contributed by atoms with van der Waals surface area (Å²) in [5, 5.41) is 21.2. The topological polar surface area (TPSA) is 226 Å². The third kappa shape index (κ3) is 9.72. The van der Waals surface area contributed by atoms with Crippen molar-refractivity contribution in [3.8, 4) is 0 Å². The van der Waals surface area contributed by atoms with E-state index >= 15 is 0 Å². The lowest BCUT2D eigenvalue weighted by Crippen LogP contribution is -2.33. The first-order chi connectivity index (χ1) is 20.3. The van der Waals surface area contributed by atoms with Crippen LogP contribution in [0.25, 0.3) is 0 Å². The predicted octanol–water partition coefficient (Wildman–Crippen LogP) is 5.96. The predicted molar refractivity (Wildman–Crippen MR) is 161 cm³/mol. The maximum atomic E-state index is 12.9. The minimum Gasteiger partial charge on any atom is -0.308 e. The van der Waals surface area contributed by atoms with Crippen LogP contribution in [0.5, 0.6) is 0 Å². The molecular formula is C24H36N2O14P2S2. The van der Waals surface area contributed by atoms with Crippen LogP contribution < -0.4 is 0 Å². The first-order valence-corrected chi connectivity index (χ1v) is 19.4. The Morgan fingerprint density at radius 1 is 0.659 bits per heavy atom. The van der Waals surface area contributed by atoms with Crippen LogP contribution in [0.15, 0.2) is 58.3 Å². The molecule has 44 heavy (non-hydrogen) atoms. The Bertz CT molecular complexity index is 1570. The molecule has 0 bridgehead atoms. The van der Waals surface area contributed by atoms with Crippen LogP contribution in [-0.4, -0.2) is 63.1 Å². The monoisotopic (exact) mass is 702 g/mol. The molecular weight excluding hydrogens is 666 g/mol. The maximum absolute atomic E-state index is 12.9. The van der Waals surface area contributed by atoms with Crippen LogP contribution in [0.1, 0.15) is 41.5 Å². The molecule has 0 aliphatic heterocycles. The smallest absolute Gasteiger partial charge is 0.308 e. The Morgan fingerprint density at radius 3 is 1.32 bits per heavy atom. The largest absolute Gasteiger partial charge is 0.351 e. The molecule has 2 aromatic rings. The molecule has 20 heteroatoms. The molecule has 0 spiro atoms. The van der Waals surface area contributed by atoms with Crippen LogP contribution >= 0.6 is 15.2 Å². The number of hydrogen-bond donors (Lipinski definition) is 0. The summed E-state index contributed by atoms with van der Waals surface area (Å²) in [5.74, 6) is 0. The first kappa shape index (κ1) is 39.5.